The summed E-state index contributed by atoms with van der Waals surface area (Å²) in [5.74, 6) is 1.17. The molecule has 0 bridgehead atoms. The molecule has 2 aromatic rings. The first-order valence-electron chi connectivity index (χ1n) is 9.01. The van der Waals surface area contributed by atoms with Crippen molar-refractivity contribution in [2.24, 2.45) is 0 Å². The van der Waals surface area contributed by atoms with E-state index in [-0.39, 0.29) is 18.6 Å². The summed E-state index contributed by atoms with van der Waals surface area (Å²) in [6, 6.07) is 14.0. The molecular weight excluding hydrogens is 314 g/mol. The summed E-state index contributed by atoms with van der Waals surface area (Å²) in [7, 11) is 0. The third kappa shape index (κ3) is 3.34. The highest BCUT2D eigenvalue weighted by molar-refractivity contribution is 5.82. The van der Waals surface area contributed by atoms with Crippen LogP contribution in [0.3, 0.4) is 0 Å². The van der Waals surface area contributed by atoms with Gasteiger partial charge in [-0.1, -0.05) is 30.3 Å². The fraction of sp³-hybridized carbons (Fsp3) is 0.381. The highest BCUT2D eigenvalue weighted by Gasteiger charge is 2.28. The van der Waals surface area contributed by atoms with Crippen molar-refractivity contribution in [3.8, 4) is 11.5 Å². The number of amides is 1. The maximum Gasteiger partial charge on any atom is 0.265 e. The molecule has 4 heteroatoms. The van der Waals surface area contributed by atoms with Crippen molar-refractivity contribution < 1.29 is 14.3 Å². The molecule has 0 aromatic heterocycles. The maximum absolute atomic E-state index is 12.6. The first-order valence-corrected chi connectivity index (χ1v) is 9.01. The molecule has 130 valence electrons. The summed E-state index contributed by atoms with van der Waals surface area (Å²) in [4.78, 5) is 12.6. The van der Waals surface area contributed by atoms with Gasteiger partial charge in [0.05, 0.1) is 6.04 Å². The van der Waals surface area contributed by atoms with Crippen LogP contribution in [0.1, 0.15) is 42.5 Å². The molecule has 0 fully saturated rings. The third-order valence-electron chi connectivity index (χ3n) is 5.03. The van der Waals surface area contributed by atoms with Gasteiger partial charge < -0.3 is 14.8 Å². The Morgan fingerprint density at radius 3 is 2.68 bits per heavy atom. The lowest BCUT2D eigenvalue weighted by Crippen LogP contribution is -2.44. The molecule has 0 unspecified atom stereocenters. The van der Waals surface area contributed by atoms with Crippen molar-refractivity contribution in [3.05, 3.63) is 59.2 Å². The first kappa shape index (κ1) is 16.0. The fourth-order valence-electron chi connectivity index (χ4n) is 3.56. The van der Waals surface area contributed by atoms with E-state index in [1.54, 1.807) is 0 Å². The van der Waals surface area contributed by atoms with Gasteiger partial charge in [0, 0.05) is 0 Å². The molecular formula is C21H23NO3. The summed E-state index contributed by atoms with van der Waals surface area (Å²) >= 11 is 0. The standard InChI is InChI=1S/C21H23NO3/c1-14(16-11-10-15-6-2-3-7-17(15)12-16)22-21(23)20-13-24-18-8-4-5-9-19(18)25-20/h4-5,8-12,14,20H,2-3,6-7,13H2,1H3,(H,22,23)/t14-,20+/m0/s1. The lowest BCUT2D eigenvalue weighted by atomic mass is 9.89. The number of fused-ring (bicyclic) bond motifs is 2. The predicted molar refractivity (Wildman–Crippen MR) is 96.0 cm³/mol. The van der Waals surface area contributed by atoms with Crippen LogP contribution in [0.4, 0.5) is 0 Å². The molecule has 0 spiro atoms. The van der Waals surface area contributed by atoms with Gasteiger partial charge in [-0.3, -0.25) is 4.79 Å². The molecule has 1 aliphatic heterocycles. The molecule has 1 heterocycles. The van der Waals surface area contributed by atoms with Crippen LogP contribution in [0.15, 0.2) is 42.5 Å². The van der Waals surface area contributed by atoms with Crippen molar-refractivity contribution in [1.82, 2.24) is 5.32 Å². The second kappa shape index (κ2) is 6.79. The Kier molecular flexibility index (Phi) is 4.35. The second-order valence-electron chi connectivity index (χ2n) is 6.83. The minimum atomic E-state index is -0.616. The van der Waals surface area contributed by atoms with Crippen molar-refractivity contribution in [2.75, 3.05) is 6.61 Å². The molecule has 0 saturated heterocycles. The van der Waals surface area contributed by atoms with Crippen LogP contribution >= 0.6 is 0 Å². The molecule has 1 N–H and O–H groups in total. The topological polar surface area (TPSA) is 47.6 Å². The molecule has 4 nitrogen and oxygen atoms in total. The van der Waals surface area contributed by atoms with Gasteiger partial charge in [-0.05, 0) is 61.4 Å². The lowest BCUT2D eigenvalue weighted by Gasteiger charge is -2.27. The fourth-order valence-corrected chi connectivity index (χ4v) is 3.56. The monoisotopic (exact) mass is 337 g/mol. The minimum absolute atomic E-state index is 0.0551. The highest BCUT2D eigenvalue weighted by Crippen LogP contribution is 2.31. The van der Waals surface area contributed by atoms with Crippen LogP contribution in [-0.2, 0) is 17.6 Å². The number of carbonyl (C=O) groups is 1. The van der Waals surface area contributed by atoms with E-state index >= 15 is 0 Å². The Morgan fingerprint density at radius 2 is 1.84 bits per heavy atom. The Morgan fingerprint density at radius 1 is 1.08 bits per heavy atom. The first-order chi connectivity index (χ1) is 12.2. The second-order valence-corrected chi connectivity index (χ2v) is 6.83. The van der Waals surface area contributed by atoms with E-state index in [4.69, 9.17) is 9.47 Å². The normalized spacial score (nSPS) is 19.6. The van der Waals surface area contributed by atoms with Crippen molar-refractivity contribution in [1.29, 1.82) is 0 Å². The van der Waals surface area contributed by atoms with Gasteiger partial charge in [0.1, 0.15) is 6.61 Å². The summed E-state index contributed by atoms with van der Waals surface area (Å²) in [6.45, 7) is 2.25. The number of hydrogen-bond acceptors (Lipinski definition) is 3. The van der Waals surface area contributed by atoms with Gasteiger partial charge in [-0.25, -0.2) is 0 Å². The zero-order chi connectivity index (χ0) is 17.2. The van der Waals surface area contributed by atoms with Crippen molar-refractivity contribution >= 4 is 5.91 Å². The predicted octanol–water partition coefficient (Wildman–Crippen LogP) is 3.58. The largest absolute Gasteiger partial charge is 0.485 e. The highest BCUT2D eigenvalue weighted by atomic mass is 16.6. The molecule has 2 atom stereocenters. The molecule has 4 rings (SSSR count). The Balaban J connectivity index is 1.42. The van der Waals surface area contributed by atoms with Gasteiger partial charge in [-0.2, -0.15) is 0 Å². The minimum Gasteiger partial charge on any atom is -0.485 e. The molecule has 0 saturated carbocycles. The molecule has 1 amide bonds. The Hall–Kier alpha value is -2.49. The van der Waals surface area contributed by atoms with E-state index in [1.165, 1.54) is 30.4 Å². The Bertz CT molecular complexity index is 786. The number of para-hydroxylation sites is 2. The van der Waals surface area contributed by atoms with E-state index in [0.717, 1.165) is 12.0 Å². The van der Waals surface area contributed by atoms with Crippen LogP contribution in [0.25, 0.3) is 0 Å². The number of carbonyl (C=O) groups excluding carboxylic acids is 1. The zero-order valence-corrected chi connectivity index (χ0v) is 14.5. The number of rotatable bonds is 3. The van der Waals surface area contributed by atoms with Crippen LogP contribution in [0.5, 0.6) is 11.5 Å². The third-order valence-corrected chi connectivity index (χ3v) is 5.03. The van der Waals surface area contributed by atoms with Gasteiger partial charge in [0.2, 0.25) is 6.10 Å². The smallest absolute Gasteiger partial charge is 0.265 e. The van der Waals surface area contributed by atoms with Gasteiger partial charge in [0.15, 0.2) is 11.5 Å². The average molecular weight is 337 g/mol. The number of aryl methyl sites for hydroxylation is 2. The van der Waals surface area contributed by atoms with E-state index in [0.29, 0.717) is 11.5 Å². The molecule has 2 aliphatic rings. The molecule has 2 aromatic carbocycles. The van der Waals surface area contributed by atoms with Crippen molar-refractivity contribution in [3.63, 3.8) is 0 Å². The summed E-state index contributed by atoms with van der Waals surface area (Å²) in [6.07, 6.45) is 4.22. The number of ether oxygens (including phenoxy) is 2. The molecule has 25 heavy (non-hydrogen) atoms. The summed E-state index contributed by atoms with van der Waals surface area (Å²) in [5.41, 5.74) is 4.02. The quantitative estimate of drug-likeness (QED) is 0.931. The molecule has 0 radical (unpaired) electrons. The van der Waals surface area contributed by atoms with Gasteiger partial charge in [0.25, 0.3) is 5.91 Å². The van der Waals surface area contributed by atoms with Crippen LogP contribution < -0.4 is 14.8 Å². The van der Waals surface area contributed by atoms with Crippen molar-refractivity contribution in [2.45, 2.75) is 44.8 Å². The maximum atomic E-state index is 12.6. The van der Waals surface area contributed by atoms with Gasteiger partial charge in [-0.15, -0.1) is 0 Å². The summed E-state index contributed by atoms with van der Waals surface area (Å²) < 4.78 is 11.4. The number of hydrogen-bond donors (Lipinski definition) is 1. The average Bonchev–Trinajstić information content (AvgIpc) is 2.67. The van der Waals surface area contributed by atoms with Gasteiger partial charge >= 0.3 is 0 Å². The number of benzene rings is 2. The Labute approximate surface area is 148 Å². The lowest BCUT2D eigenvalue weighted by molar-refractivity contribution is -0.131. The summed E-state index contributed by atoms with van der Waals surface area (Å²) in [5, 5.41) is 3.06. The van der Waals surface area contributed by atoms with E-state index < -0.39 is 6.10 Å². The van der Waals surface area contributed by atoms with Crippen LogP contribution in [0.2, 0.25) is 0 Å². The van der Waals surface area contributed by atoms with E-state index in [9.17, 15) is 4.79 Å². The zero-order valence-electron chi connectivity index (χ0n) is 14.5. The van der Waals surface area contributed by atoms with Crippen LogP contribution in [-0.4, -0.2) is 18.6 Å². The van der Waals surface area contributed by atoms with E-state index in [1.807, 2.05) is 31.2 Å². The molecule has 1 aliphatic carbocycles. The van der Waals surface area contributed by atoms with E-state index in [2.05, 4.69) is 23.5 Å². The van der Waals surface area contributed by atoms with Crippen LogP contribution in [0, 0.1) is 0 Å². The SMILES string of the molecule is C[C@H](NC(=O)[C@H]1COc2ccccc2O1)c1ccc2c(c1)CCCC2. The number of nitrogens with one attached hydrogen (secondary N) is 1.